The van der Waals surface area contributed by atoms with E-state index in [0.717, 1.165) is 0 Å². The van der Waals surface area contributed by atoms with Gasteiger partial charge in [0.25, 0.3) is 11.8 Å². The molecule has 7 heteroatoms. The van der Waals surface area contributed by atoms with E-state index in [1.54, 1.807) is 55.5 Å². The van der Waals surface area contributed by atoms with Crippen molar-refractivity contribution >= 4 is 34.9 Å². The first kappa shape index (κ1) is 18.9. The molecule has 4 rings (SSSR count). The molecule has 2 heterocycles. The van der Waals surface area contributed by atoms with E-state index in [-0.39, 0.29) is 37.0 Å². The third-order valence-corrected chi connectivity index (χ3v) is 5.58. The first-order valence-electron chi connectivity index (χ1n) is 9.56. The van der Waals surface area contributed by atoms with Crippen molar-refractivity contribution in [1.82, 2.24) is 4.90 Å². The molecule has 2 aliphatic rings. The van der Waals surface area contributed by atoms with Gasteiger partial charge in [-0.1, -0.05) is 24.3 Å². The molecular weight excluding hydrogens is 370 g/mol. The highest BCUT2D eigenvalue weighted by molar-refractivity contribution is 6.18. The van der Waals surface area contributed by atoms with E-state index in [2.05, 4.69) is 5.32 Å². The number of anilines is 2. The van der Waals surface area contributed by atoms with Crippen LogP contribution in [0.15, 0.2) is 48.5 Å². The second-order valence-corrected chi connectivity index (χ2v) is 7.20. The highest BCUT2D eigenvalue weighted by atomic mass is 16.2. The number of fused-ring (bicyclic) bond motifs is 3. The van der Waals surface area contributed by atoms with Gasteiger partial charge in [-0.05, 0) is 38.1 Å². The number of hydrogen-bond donors (Lipinski definition) is 1. The van der Waals surface area contributed by atoms with Crippen LogP contribution in [0.5, 0.6) is 0 Å². The molecule has 1 fully saturated rings. The molecule has 0 radical (unpaired) electrons. The summed E-state index contributed by atoms with van der Waals surface area (Å²) in [5.74, 6) is -1.06. The predicted molar refractivity (Wildman–Crippen MR) is 108 cm³/mol. The standard InChI is InChI=1S/C22H21N3O4/c1-3-24-20(28)17-9-4-5-10-18(17)25-19(27)11-12-22(24,25)21(29)23-16-8-6-7-15(13-16)14(2)26/h4-10,13H,3,11-12H2,1-2H3,(H,23,29)/t22-/m1/s1. The zero-order valence-corrected chi connectivity index (χ0v) is 16.3. The van der Waals surface area contributed by atoms with E-state index in [1.165, 1.54) is 16.7 Å². The van der Waals surface area contributed by atoms with Crippen molar-refractivity contribution in [3.05, 3.63) is 59.7 Å². The number of ketones is 1. The molecule has 0 saturated carbocycles. The summed E-state index contributed by atoms with van der Waals surface area (Å²) in [6.07, 6.45) is 0.372. The quantitative estimate of drug-likeness (QED) is 0.812. The number of likely N-dealkylation sites (N-methyl/N-ethyl adjacent to an activating group) is 1. The van der Waals surface area contributed by atoms with Crippen molar-refractivity contribution in [3.8, 4) is 0 Å². The summed E-state index contributed by atoms with van der Waals surface area (Å²) in [7, 11) is 0. The fourth-order valence-corrected chi connectivity index (χ4v) is 4.25. The predicted octanol–water partition coefficient (Wildman–Crippen LogP) is 2.83. The molecular formula is C22H21N3O4. The molecule has 3 amide bonds. The molecule has 2 aromatic rings. The molecule has 0 aliphatic carbocycles. The highest BCUT2D eigenvalue weighted by Crippen LogP contribution is 2.44. The topological polar surface area (TPSA) is 86.8 Å². The number of para-hydroxylation sites is 1. The van der Waals surface area contributed by atoms with Gasteiger partial charge in [-0.3, -0.25) is 24.1 Å². The number of nitrogens with zero attached hydrogens (tertiary/aromatic N) is 2. The zero-order chi connectivity index (χ0) is 20.8. The number of hydrogen-bond acceptors (Lipinski definition) is 4. The summed E-state index contributed by atoms with van der Waals surface area (Å²) in [4.78, 5) is 54.1. The Morgan fingerprint density at radius 2 is 1.86 bits per heavy atom. The third-order valence-electron chi connectivity index (χ3n) is 5.58. The van der Waals surface area contributed by atoms with E-state index in [4.69, 9.17) is 0 Å². The van der Waals surface area contributed by atoms with Crippen molar-refractivity contribution in [2.24, 2.45) is 0 Å². The Labute approximate surface area is 168 Å². The number of nitrogens with one attached hydrogen (secondary N) is 1. The number of carbonyl (C=O) groups is 4. The molecule has 29 heavy (non-hydrogen) atoms. The van der Waals surface area contributed by atoms with E-state index < -0.39 is 11.6 Å². The lowest BCUT2D eigenvalue weighted by atomic mass is 9.95. The van der Waals surface area contributed by atoms with Crippen LogP contribution in [0.25, 0.3) is 0 Å². The van der Waals surface area contributed by atoms with Gasteiger partial charge < -0.3 is 10.2 Å². The molecule has 1 saturated heterocycles. The first-order chi connectivity index (χ1) is 13.9. The van der Waals surface area contributed by atoms with Crippen molar-refractivity contribution in [3.63, 3.8) is 0 Å². The minimum absolute atomic E-state index is 0.117. The fourth-order valence-electron chi connectivity index (χ4n) is 4.25. The lowest BCUT2D eigenvalue weighted by molar-refractivity contribution is -0.128. The summed E-state index contributed by atoms with van der Waals surface area (Å²) in [5.41, 5.74) is 0.350. The average molecular weight is 391 g/mol. The Bertz CT molecular complexity index is 1050. The Morgan fingerprint density at radius 3 is 2.59 bits per heavy atom. The van der Waals surface area contributed by atoms with Crippen molar-refractivity contribution in [2.75, 3.05) is 16.8 Å². The Kier molecular flexibility index (Phi) is 4.45. The van der Waals surface area contributed by atoms with Gasteiger partial charge >= 0.3 is 0 Å². The molecule has 0 unspecified atom stereocenters. The smallest absolute Gasteiger partial charge is 0.271 e. The highest BCUT2D eigenvalue weighted by Gasteiger charge is 2.60. The van der Waals surface area contributed by atoms with E-state index in [9.17, 15) is 19.2 Å². The minimum atomic E-state index is -1.43. The van der Waals surface area contributed by atoms with Crippen LogP contribution in [0.4, 0.5) is 11.4 Å². The van der Waals surface area contributed by atoms with Crippen LogP contribution in [0.1, 0.15) is 47.4 Å². The summed E-state index contributed by atoms with van der Waals surface area (Å²) in [5, 5.41) is 2.83. The van der Waals surface area contributed by atoms with Crippen LogP contribution in [0.2, 0.25) is 0 Å². The summed E-state index contributed by atoms with van der Waals surface area (Å²) < 4.78 is 0. The second-order valence-electron chi connectivity index (χ2n) is 7.20. The summed E-state index contributed by atoms with van der Waals surface area (Å²) in [6, 6.07) is 13.5. The maximum absolute atomic E-state index is 13.5. The van der Waals surface area contributed by atoms with Crippen LogP contribution < -0.4 is 10.2 Å². The molecule has 1 atom stereocenters. The van der Waals surface area contributed by atoms with Gasteiger partial charge in [-0.2, -0.15) is 0 Å². The number of Topliss-reactive ketones (excluding diaryl/α,β-unsaturated/α-hetero) is 1. The van der Waals surface area contributed by atoms with Crippen LogP contribution in [-0.4, -0.2) is 40.6 Å². The van der Waals surface area contributed by atoms with Crippen LogP contribution in [0, 0.1) is 0 Å². The van der Waals surface area contributed by atoms with Crippen LogP contribution >= 0.6 is 0 Å². The van der Waals surface area contributed by atoms with Crippen molar-refractivity contribution in [2.45, 2.75) is 32.4 Å². The molecule has 0 spiro atoms. The van der Waals surface area contributed by atoms with Gasteiger partial charge in [-0.15, -0.1) is 0 Å². The summed E-state index contributed by atoms with van der Waals surface area (Å²) in [6.45, 7) is 3.52. The van der Waals surface area contributed by atoms with Gasteiger partial charge in [0.15, 0.2) is 5.78 Å². The molecule has 7 nitrogen and oxygen atoms in total. The van der Waals surface area contributed by atoms with E-state index in [1.807, 2.05) is 0 Å². The molecule has 1 N–H and O–H groups in total. The van der Waals surface area contributed by atoms with Gasteiger partial charge in [-0.25, -0.2) is 0 Å². The minimum Gasteiger partial charge on any atom is -0.322 e. The first-order valence-corrected chi connectivity index (χ1v) is 9.56. The average Bonchev–Trinajstić information content (AvgIpc) is 3.07. The van der Waals surface area contributed by atoms with E-state index >= 15 is 0 Å². The third kappa shape index (κ3) is 2.73. The van der Waals surface area contributed by atoms with Gasteiger partial charge in [0, 0.05) is 30.6 Å². The normalized spacial score (nSPS) is 20.3. The molecule has 2 aliphatic heterocycles. The molecule has 0 aromatic heterocycles. The zero-order valence-electron chi connectivity index (χ0n) is 16.3. The number of amides is 3. The number of carbonyl (C=O) groups excluding carboxylic acids is 4. The lowest BCUT2D eigenvalue weighted by Gasteiger charge is -2.48. The van der Waals surface area contributed by atoms with Gasteiger partial charge in [0.05, 0.1) is 11.3 Å². The summed E-state index contributed by atoms with van der Waals surface area (Å²) >= 11 is 0. The maximum atomic E-state index is 13.5. The SMILES string of the molecule is CCN1C(=O)c2ccccc2N2C(=O)CC[C@@]12C(=O)Nc1cccc(C(C)=O)c1. The Balaban J connectivity index is 1.80. The van der Waals surface area contributed by atoms with Crippen LogP contribution in [0.3, 0.4) is 0 Å². The molecule has 2 aromatic carbocycles. The largest absolute Gasteiger partial charge is 0.322 e. The lowest BCUT2D eigenvalue weighted by Crippen LogP contribution is -2.69. The van der Waals surface area contributed by atoms with Crippen molar-refractivity contribution < 1.29 is 19.2 Å². The van der Waals surface area contributed by atoms with Gasteiger partial charge in [0.2, 0.25) is 11.6 Å². The van der Waals surface area contributed by atoms with Crippen LogP contribution in [-0.2, 0) is 9.59 Å². The number of rotatable bonds is 4. The molecule has 148 valence electrons. The fraction of sp³-hybridized carbons (Fsp3) is 0.273. The van der Waals surface area contributed by atoms with Crippen molar-refractivity contribution in [1.29, 1.82) is 0 Å². The van der Waals surface area contributed by atoms with Gasteiger partial charge in [0.1, 0.15) is 0 Å². The molecule has 0 bridgehead atoms. The second kappa shape index (κ2) is 6.84. The Morgan fingerprint density at radius 1 is 1.10 bits per heavy atom. The monoisotopic (exact) mass is 391 g/mol. The Hall–Kier alpha value is -3.48. The number of benzene rings is 2. The van der Waals surface area contributed by atoms with E-state index in [0.29, 0.717) is 22.5 Å². The maximum Gasteiger partial charge on any atom is 0.271 e.